The van der Waals surface area contributed by atoms with Crippen molar-refractivity contribution < 1.29 is 14.7 Å². The number of nitrogens with one attached hydrogen (secondary N) is 1. The second kappa shape index (κ2) is 7.58. The fourth-order valence-corrected chi connectivity index (χ4v) is 3.15. The SMILES string of the molecule is CC(CNC(=O)CC1CCSCC1)CC(=O)O. The maximum atomic E-state index is 11.6. The first-order valence-corrected chi connectivity index (χ1v) is 7.29. The highest BCUT2D eigenvalue weighted by Gasteiger charge is 2.17. The van der Waals surface area contributed by atoms with Crippen LogP contribution >= 0.6 is 11.8 Å². The highest BCUT2D eigenvalue weighted by Crippen LogP contribution is 2.25. The molecule has 0 saturated carbocycles. The largest absolute Gasteiger partial charge is 0.481 e. The number of aliphatic carboxylic acids is 1. The molecule has 1 fully saturated rings. The molecule has 0 spiro atoms. The van der Waals surface area contributed by atoms with Crippen LogP contribution in [0.5, 0.6) is 0 Å². The number of carboxylic acids is 1. The molecule has 2 N–H and O–H groups in total. The van der Waals surface area contributed by atoms with Crippen LogP contribution in [0.2, 0.25) is 0 Å². The van der Waals surface area contributed by atoms with E-state index in [4.69, 9.17) is 5.11 Å². The lowest BCUT2D eigenvalue weighted by Gasteiger charge is -2.21. The maximum absolute atomic E-state index is 11.6. The van der Waals surface area contributed by atoms with Crippen molar-refractivity contribution in [1.82, 2.24) is 5.32 Å². The Morgan fingerprint density at radius 2 is 2.06 bits per heavy atom. The Labute approximate surface area is 107 Å². The summed E-state index contributed by atoms with van der Waals surface area (Å²) in [6.07, 6.45) is 2.96. The summed E-state index contributed by atoms with van der Waals surface area (Å²) >= 11 is 1.95. The first-order chi connectivity index (χ1) is 8.08. The summed E-state index contributed by atoms with van der Waals surface area (Å²) in [5.74, 6) is 2.10. The topological polar surface area (TPSA) is 66.4 Å². The zero-order valence-electron chi connectivity index (χ0n) is 10.3. The molecular formula is C12H21NO3S. The van der Waals surface area contributed by atoms with Crippen LogP contribution < -0.4 is 5.32 Å². The number of thioether (sulfide) groups is 1. The molecule has 0 aromatic heterocycles. The van der Waals surface area contributed by atoms with E-state index in [-0.39, 0.29) is 18.2 Å². The minimum absolute atomic E-state index is 0.00152. The van der Waals surface area contributed by atoms with E-state index in [9.17, 15) is 9.59 Å². The normalized spacial score (nSPS) is 18.6. The number of hydrogen-bond acceptors (Lipinski definition) is 3. The monoisotopic (exact) mass is 259 g/mol. The Morgan fingerprint density at radius 3 is 2.65 bits per heavy atom. The third-order valence-corrected chi connectivity index (χ3v) is 4.03. The van der Waals surface area contributed by atoms with Gasteiger partial charge in [0.15, 0.2) is 0 Å². The number of rotatable bonds is 6. The Balaban J connectivity index is 2.13. The molecule has 1 saturated heterocycles. The van der Waals surface area contributed by atoms with Crippen molar-refractivity contribution in [1.29, 1.82) is 0 Å². The number of carboxylic acid groups (broad SMARTS) is 1. The summed E-state index contributed by atoms with van der Waals surface area (Å²) in [6.45, 7) is 2.30. The van der Waals surface area contributed by atoms with Gasteiger partial charge in [-0.15, -0.1) is 0 Å². The van der Waals surface area contributed by atoms with Crippen molar-refractivity contribution in [2.45, 2.75) is 32.6 Å². The highest BCUT2D eigenvalue weighted by atomic mass is 32.2. The zero-order chi connectivity index (χ0) is 12.7. The van der Waals surface area contributed by atoms with E-state index in [2.05, 4.69) is 5.32 Å². The third-order valence-electron chi connectivity index (χ3n) is 2.99. The molecule has 0 radical (unpaired) electrons. The van der Waals surface area contributed by atoms with Gasteiger partial charge in [0, 0.05) is 19.4 Å². The highest BCUT2D eigenvalue weighted by molar-refractivity contribution is 7.99. The molecule has 0 bridgehead atoms. The average molecular weight is 259 g/mol. The van der Waals surface area contributed by atoms with Crippen LogP contribution in [0.1, 0.15) is 32.6 Å². The molecule has 1 amide bonds. The van der Waals surface area contributed by atoms with Crippen molar-refractivity contribution in [3.05, 3.63) is 0 Å². The predicted molar refractivity (Wildman–Crippen MR) is 69.1 cm³/mol. The van der Waals surface area contributed by atoms with E-state index in [1.165, 1.54) is 0 Å². The third kappa shape index (κ3) is 6.56. The van der Waals surface area contributed by atoms with Crippen molar-refractivity contribution in [3.8, 4) is 0 Å². The summed E-state index contributed by atoms with van der Waals surface area (Å²) in [4.78, 5) is 22.1. The van der Waals surface area contributed by atoms with Gasteiger partial charge in [0.2, 0.25) is 5.91 Å². The van der Waals surface area contributed by atoms with Crippen molar-refractivity contribution in [3.63, 3.8) is 0 Å². The Morgan fingerprint density at radius 1 is 1.41 bits per heavy atom. The molecule has 1 aliphatic heterocycles. The van der Waals surface area contributed by atoms with Crippen LogP contribution in [0.15, 0.2) is 0 Å². The molecule has 1 rings (SSSR count). The molecule has 17 heavy (non-hydrogen) atoms. The first-order valence-electron chi connectivity index (χ1n) is 6.14. The summed E-state index contributed by atoms with van der Waals surface area (Å²) in [7, 11) is 0. The van der Waals surface area contributed by atoms with Gasteiger partial charge in [-0.25, -0.2) is 0 Å². The number of hydrogen-bond donors (Lipinski definition) is 2. The molecule has 0 aromatic rings. The van der Waals surface area contributed by atoms with Crippen LogP contribution in [0.4, 0.5) is 0 Å². The summed E-state index contributed by atoms with van der Waals surface area (Å²) < 4.78 is 0. The second-order valence-electron chi connectivity index (χ2n) is 4.77. The molecule has 98 valence electrons. The minimum Gasteiger partial charge on any atom is -0.481 e. The maximum Gasteiger partial charge on any atom is 0.303 e. The molecule has 4 nitrogen and oxygen atoms in total. The zero-order valence-corrected chi connectivity index (χ0v) is 11.1. The number of carbonyl (C=O) groups excluding carboxylic acids is 1. The molecule has 0 aromatic carbocycles. The summed E-state index contributed by atoms with van der Waals surface area (Å²) in [5.41, 5.74) is 0. The van der Waals surface area contributed by atoms with Crippen LogP contribution in [0, 0.1) is 11.8 Å². The van der Waals surface area contributed by atoms with E-state index in [0.717, 1.165) is 24.3 Å². The first kappa shape index (κ1) is 14.4. The van der Waals surface area contributed by atoms with Gasteiger partial charge in [-0.3, -0.25) is 9.59 Å². The van der Waals surface area contributed by atoms with Gasteiger partial charge in [0.1, 0.15) is 0 Å². The van der Waals surface area contributed by atoms with Gasteiger partial charge in [-0.05, 0) is 36.2 Å². The van der Waals surface area contributed by atoms with Crippen LogP contribution in [-0.2, 0) is 9.59 Å². The van der Waals surface area contributed by atoms with Gasteiger partial charge in [-0.2, -0.15) is 11.8 Å². The summed E-state index contributed by atoms with van der Waals surface area (Å²) in [5, 5.41) is 11.4. The van der Waals surface area contributed by atoms with E-state index in [1.54, 1.807) is 0 Å². The standard InChI is InChI=1S/C12H21NO3S/c1-9(6-12(15)16)8-13-11(14)7-10-2-4-17-5-3-10/h9-10H,2-8H2,1H3,(H,13,14)(H,15,16). The minimum atomic E-state index is -0.809. The van der Waals surface area contributed by atoms with Crippen molar-refractivity contribution in [2.24, 2.45) is 11.8 Å². The predicted octanol–water partition coefficient (Wildman–Crippen LogP) is 1.75. The number of carbonyl (C=O) groups is 2. The van der Waals surface area contributed by atoms with Crippen molar-refractivity contribution in [2.75, 3.05) is 18.1 Å². The van der Waals surface area contributed by atoms with E-state index in [1.807, 2.05) is 18.7 Å². The van der Waals surface area contributed by atoms with Gasteiger partial charge in [0.05, 0.1) is 0 Å². The Hall–Kier alpha value is -0.710. The molecule has 1 heterocycles. The second-order valence-corrected chi connectivity index (χ2v) is 5.99. The van der Waals surface area contributed by atoms with Gasteiger partial charge in [0.25, 0.3) is 0 Å². The van der Waals surface area contributed by atoms with Crippen LogP contribution in [-0.4, -0.2) is 35.0 Å². The molecule has 1 aliphatic rings. The molecule has 5 heteroatoms. The lowest BCUT2D eigenvalue weighted by atomic mass is 9.98. The fraction of sp³-hybridized carbons (Fsp3) is 0.833. The fourth-order valence-electron chi connectivity index (χ4n) is 1.94. The van der Waals surface area contributed by atoms with Gasteiger partial charge < -0.3 is 10.4 Å². The molecule has 1 atom stereocenters. The van der Waals surface area contributed by atoms with E-state index >= 15 is 0 Å². The molecule has 0 aliphatic carbocycles. The lowest BCUT2D eigenvalue weighted by molar-refractivity contribution is -0.138. The van der Waals surface area contributed by atoms with Crippen LogP contribution in [0.25, 0.3) is 0 Å². The molecule has 1 unspecified atom stereocenters. The summed E-state index contributed by atoms with van der Waals surface area (Å²) in [6, 6.07) is 0. The van der Waals surface area contributed by atoms with Crippen molar-refractivity contribution >= 4 is 23.6 Å². The Bertz CT molecular complexity index is 264. The van der Waals surface area contributed by atoms with Gasteiger partial charge >= 0.3 is 5.97 Å². The smallest absolute Gasteiger partial charge is 0.303 e. The molecular weight excluding hydrogens is 238 g/mol. The average Bonchev–Trinajstić information content (AvgIpc) is 2.27. The lowest BCUT2D eigenvalue weighted by Crippen LogP contribution is -2.31. The van der Waals surface area contributed by atoms with E-state index < -0.39 is 5.97 Å². The number of amides is 1. The quantitative estimate of drug-likeness (QED) is 0.762. The van der Waals surface area contributed by atoms with Crippen LogP contribution in [0.3, 0.4) is 0 Å². The Kier molecular flexibility index (Phi) is 6.40. The van der Waals surface area contributed by atoms with E-state index in [0.29, 0.717) is 18.9 Å². The van der Waals surface area contributed by atoms with Gasteiger partial charge in [-0.1, -0.05) is 6.92 Å².